The van der Waals surface area contributed by atoms with Gasteiger partial charge in [-0.15, -0.1) is 0 Å². The van der Waals surface area contributed by atoms with Crippen LogP contribution in [0.15, 0.2) is 53.3 Å². The minimum atomic E-state index is -0.556. The predicted molar refractivity (Wildman–Crippen MR) is 104 cm³/mol. The second-order valence-corrected chi connectivity index (χ2v) is 6.34. The van der Waals surface area contributed by atoms with Crippen molar-refractivity contribution in [3.05, 3.63) is 64.8 Å². The molecule has 0 aliphatic heterocycles. The second kappa shape index (κ2) is 8.08. The summed E-state index contributed by atoms with van der Waals surface area (Å²) in [6, 6.07) is 12.6. The molecule has 0 unspecified atom stereocenters. The number of hydrogen-bond acceptors (Lipinski definition) is 3. The lowest BCUT2D eigenvalue weighted by Gasteiger charge is -2.22. The Bertz CT molecular complexity index is 1070. The van der Waals surface area contributed by atoms with Gasteiger partial charge in [0.1, 0.15) is 12.4 Å². The summed E-state index contributed by atoms with van der Waals surface area (Å²) >= 11 is 0. The number of imidazole rings is 1. The first kappa shape index (κ1) is 19.3. The van der Waals surface area contributed by atoms with Gasteiger partial charge in [0, 0.05) is 25.2 Å². The number of primary amides is 1. The first-order valence-corrected chi connectivity index (χ1v) is 8.94. The molecule has 146 valence electrons. The molecule has 1 aromatic heterocycles. The number of aryl methyl sites for hydroxylation is 1. The molecule has 0 atom stereocenters. The minimum Gasteiger partial charge on any atom is -0.370 e. The number of carbonyl (C=O) groups excluding carboxylic acids is 2. The van der Waals surface area contributed by atoms with Crippen molar-refractivity contribution >= 4 is 28.5 Å². The minimum absolute atomic E-state index is 0.0426. The van der Waals surface area contributed by atoms with Crippen molar-refractivity contribution in [1.29, 1.82) is 0 Å². The molecule has 0 saturated heterocycles. The van der Waals surface area contributed by atoms with Crippen molar-refractivity contribution in [2.24, 2.45) is 5.73 Å². The third-order valence-electron chi connectivity index (χ3n) is 4.56. The Morgan fingerprint density at radius 1 is 1.04 bits per heavy atom. The molecule has 0 radical (unpaired) electrons. The summed E-state index contributed by atoms with van der Waals surface area (Å²) < 4.78 is 16.3. The van der Waals surface area contributed by atoms with Gasteiger partial charge in [-0.1, -0.05) is 12.1 Å². The zero-order chi connectivity index (χ0) is 20.3. The third-order valence-corrected chi connectivity index (χ3v) is 4.56. The maximum atomic E-state index is 13.3. The second-order valence-electron chi connectivity index (χ2n) is 6.34. The van der Waals surface area contributed by atoms with E-state index in [0.29, 0.717) is 17.7 Å². The van der Waals surface area contributed by atoms with Crippen molar-refractivity contribution in [2.75, 3.05) is 11.4 Å². The predicted octanol–water partition coefficient (Wildman–Crippen LogP) is 1.87. The van der Waals surface area contributed by atoms with Crippen LogP contribution in [-0.2, 0) is 22.7 Å². The highest BCUT2D eigenvalue weighted by Crippen LogP contribution is 2.18. The average molecular weight is 384 g/mol. The summed E-state index contributed by atoms with van der Waals surface area (Å²) in [6.45, 7) is 2.17. The van der Waals surface area contributed by atoms with Crippen LogP contribution in [0.25, 0.3) is 11.0 Å². The molecule has 3 rings (SSSR count). The number of rotatable bonds is 7. The fraction of sp³-hybridized carbons (Fsp3) is 0.250. The molecular weight excluding hydrogens is 363 g/mol. The highest BCUT2D eigenvalue weighted by molar-refractivity contribution is 5.94. The van der Waals surface area contributed by atoms with Gasteiger partial charge in [-0.2, -0.15) is 0 Å². The molecular formula is C20H21FN4O3. The first-order valence-electron chi connectivity index (χ1n) is 8.94. The number of benzene rings is 2. The molecule has 8 heteroatoms. The van der Waals surface area contributed by atoms with Gasteiger partial charge in [0.25, 0.3) is 0 Å². The topological polar surface area (TPSA) is 90.3 Å². The summed E-state index contributed by atoms with van der Waals surface area (Å²) in [5, 5.41) is 0. The van der Waals surface area contributed by atoms with Gasteiger partial charge in [-0.25, -0.2) is 9.18 Å². The summed E-state index contributed by atoms with van der Waals surface area (Å²) in [4.78, 5) is 38.3. The van der Waals surface area contributed by atoms with Crippen LogP contribution in [0.2, 0.25) is 0 Å². The van der Waals surface area contributed by atoms with Crippen LogP contribution in [-0.4, -0.2) is 27.5 Å². The van der Waals surface area contributed by atoms with E-state index in [1.165, 1.54) is 33.7 Å². The van der Waals surface area contributed by atoms with Crippen LogP contribution in [0, 0.1) is 5.82 Å². The number of amides is 2. The number of hydrogen-bond donors (Lipinski definition) is 1. The number of fused-ring (bicyclic) bond motifs is 1. The van der Waals surface area contributed by atoms with E-state index in [2.05, 4.69) is 0 Å². The molecule has 0 aliphatic carbocycles. The number of halogens is 1. The van der Waals surface area contributed by atoms with E-state index >= 15 is 0 Å². The number of carbonyl (C=O) groups is 2. The van der Waals surface area contributed by atoms with Crippen molar-refractivity contribution in [3.8, 4) is 0 Å². The van der Waals surface area contributed by atoms with E-state index < -0.39 is 17.6 Å². The lowest BCUT2D eigenvalue weighted by molar-refractivity contribution is -0.119. The molecule has 1 heterocycles. The fourth-order valence-electron chi connectivity index (χ4n) is 3.19. The molecule has 3 aromatic rings. The summed E-state index contributed by atoms with van der Waals surface area (Å²) in [7, 11) is 0. The quantitative estimate of drug-likeness (QED) is 0.674. The maximum Gasteiger partial charge on any atom is 0.329 e. The Hall–Kier alpha value is -3.42. The van der Waals surface area contributed by atoms with E-state index in [-0.39, 0.29) is 25.2 Å². The number of anilines is 1. The molecule has 28 heavy (non-hydrogen) atoms. The Balaban J connectivity index is 1.97. The van der Waals surface area contributed by atoms with Crippen molar-refractivity contribution in [2.45, 2.75) is 26.4 Å². The molecule has 2 amide bonds. The molecule has 0 aliphatic rings. The van der Waals surface area contributed by atoms with E-state index in [4.69, 9.17) is 5.73 Å². The summed E-state index contributed by atoms with van der Waals surface area (Å²) in [5.74, 6) is -1.39. The number of nitrogens with zero attached hydrogens (tertiary/aromatic N) is 3. The molecule has 0 bridgehead atoms. The SMILES string of the molecule is CCn1c(=O)n(CC(=O)N(CCC(N)=O)c2ccc(F)cc2)c2ccccc21. The lowest BCUT2D eigenvalue weighted by Crippen LogP contribution is -2.38. The molecule has 0 saturated carbocycles. The van der Waals surface area contributed by atoms with Crippen LogP contribution in [0.4, 0.5) is 10.1 Å². The van der Waals surface area contributed by atoms with Gasteiger partial charge in [-0.3, -0.25) is 18.7 Å². The van der Waals surface area contributed by atoms with Crippen LogP contribution < -0.4 is 16.3 Å². The smallest absolute Gasteiger partial charge is 0.329 e. The number of nitrogens with two attached hydrogens (primary N) is 1. The van der Waals surface area contributed by atoms with E-state index in [1.54, 1.807) is 16.7 Å². The molecule has 2 aromatic carbocycles. The molecule has 0 fully saturated rings. The first-order chi connectivity index (χ1) is 13.4. The number of para-hydroxylation sites is 2. The normalized spacial score (nSPS) is 10.9. The van der Waals surface area contributed by atoms with Gasteiger partial charge < -0.3 is 10.6 Å². The Morgan fingerprint density at radius 2 is 1.64 bits per heavy atom. The highest BCUT2D eigenvalue weighted by Gasteiger charge is 2.20. The number of aromatic nitrogens is 2. The standard InChI is InChI=1S/C20H21FN4O3/c1-2-23-16-5-3-4-6-17(16)25(20(23)28)13-19(27)24(12-11-18(22)26)15-9-7-14(21)8-10-15/h3-10H,2,11-13H2,1H3,(H2,22,26). The van der Waals surface area contributed by atoms with Gasteiger partial charge in [0.05, 0.1) is 11.0 Å². The summed E-state index contributed by atoms with van der Waals surface area (Å²) in [6.07, 6.45) is -0.0469. The summed E-state index contributed by atoms with van der Waals surface area (Å²) in [5.41, 5.74) is 6.76. The van der Waals surface area contributed by atoms with Crippen molar-refractivity contribution < 1.29 is 14.0 Å². The zero-order valence-corrected chi connectivity index (χ0v) is 15.5. The van der Waals surface area contributed by atoms with Crippen LogP contribution in [0.1, 0.15) is 13.3 Å². The molecule has 2 N–H and O–H groups in total. The fourth-order valence-corrected chi connectivity index (χ4v) is 3.19. The van der Waals surface area contributed by atoms with Crippen LogP contribution >= 0.6 is 0 Å². The highest BCUT2D eigenvalue weighted by atomic mass is 19.1. The van der Waals surface area contributed by atoms with Gasteiger partial charge in [-0.05, 0) is 43.3 Å². The van der Waals surface area contributed by atoms with Crippen molar-refractivity contribution in [3.63, 3.8) is 0 Å². The van der Waals surface area contributed by atoms with E-state index in [1.807, 2.05) is 19.1 Å². The van der Waals surface area contributed by atoms with Crippen molar-refractivity contribution in [1.82, 2.24) is 9.13 Å². The monoisotopic (exact) mass is 384 g/mol. The Kier molecular flexibility index (Phi) is 5.58. The van der Waals surface area contributed by atoms with Gasteiger partial charge in [0.2, 0.25) is 11.8 Å². The van der Waals surface area contributed by atoms with Crippen LogP contribution in [0.5, 0.6) is 0 Å². The molecule has 0 spiro atoms. The largest absolute Gasteiger partial charge is 0.370 e. The van der Waals surface area contributed by atoms with Gasteiger partial charge in [0.15, 0.2) is 0 Å². The Labute approximate surface area is 160 Å². The average Bonchev–Trinajstić information content (AvgIpc) is 2.94. The van der Waals surface area contributed by atoms with Crippen LogP contribution in [0.3, 0.4) is 0 Å². The molecule has 7 nitrogen and oxygen atoms in total. The van der Waals surface area contributed by atoms with Gasteiger partial charge >= 0.3 is 5.69 Å². The Morgan fingerprint density at radius 3 is 2.21 bits per heavy atom. The third kappa shape index (κ3) is 3.80. The lowest BCUT2D eigenvalue weighted by atomic mass is 10.2. The zero-order valence-electron chi connectivity index (χ0n) is 15.5. The maximum absolute atomic E-state index is 13.3. The van der Waals surface area contributed by atoms with E-state index in [9.17, 15) is 18.8 Å². The van der Waals surface area contributed by atoms with E-state index in [0.717, 1.165) is 5.52 Å².